The highest BCUT2D eigenvalue weighted by Gasteiger charge is 2.04. The van der Waals surface area contributed by atoms with Gasteiger partial charge in [-0.15, -0.1) is 0 Å². The fourth-order valence-electron chi connectivity index (χ4n) is 2.27. The molecule has 0 aliphatic carbocycles. The summed E-state index contributed by atoms with van der Waals surface area (Å²) in [5.74, 6) is 0.158. The van der Waals surface area contributed by atoms with Gasteiger partial charge in [-0.3, -0.25) is 4.79 Å². The van der Waals surface area contributed by atoms with Crippen LogP contribution in [0.15, 0.2) is 48.5 Å². The molecular weight excluding hydrogens is 291 g/mol. The number of hydrogen-bond acceptors (Lipinski definition) is 2. The largest absolute Gasteiger partial charge is 0.376 e. The summed E-state index contributed by atoms with van der Waals surface area (Å²) in [5.41, 5.74) is 2.80. The van der Waals surface area contributed by atoms with Gasteiger partial charge >= 0.3 is 0 Å². The molecule has 2 rings (SSSR count). The smallest absolute Gasteiger partial charge is 0.239 e. The van der Waals surface area contributed by atoms with Gasteiger partial charge in [-0.2, -0.15) is 0 Å². The van der Waals surface area contributed by atoms with E-state index >= 15 is 0 Å². The Morgan fingerprint density at radius 3 is 2.43 bits per heavy atom. The minimum atomic E-state index is -0.231. The van der Waals surface area contributed by atoms with Crippen LogP contribution >= 0.6 is 0 Å². The summed E-state index contributed by atoms with van der Waals surface area (Å²) in [6.07, 6.45) is 0.488. The van der Waals surface area contributed by atoms with Crippen molar-refractivity contribution in [1.29, 1.82) is 0 Å². The van der Waals surface area contributed by atoms with Gasteiger partial charge in [0.15, 0.2) is 0 Å². The van der Waals surface area contributed by atoms with Crippen molar-refractivity contribution in [2.24, 2.45) is 0 Å². The highest BCUT2D eigenvalue weighted by molar-refractivity contribution is 5.80. The summed E-state index contributed by atoms with van der Waals surface area (Å²) in [7, 11) is 0. The lowest BCUT2D eigenvalue weighted by Gasteiger charge is -2.10. The molecule has 0 aromatic heterocycles. The lowest BCUT2D eigenvalue weighted by Crippen LogP contribution is -2.31. The van der Waals surface area contributed by atoms with Crippen molar-refractivity contribution >= 4 is 11.6 Å². The van der Waals surface area contributed by atoms with Crippen LogP contribution in [0.25, 0.3) is 0 Å². The Morgan fingerprint density at radius 2 is 1.78 bits per heavy atom. The molecule has 2 aromatic rings. The van der Waals surface area contributed by atoms with Gasteiger partial charge in [-0.25, -0.2) is 4.39 Å². The average molecular weight is 314 g/mol. The third-order valence-corrected chi connectivity index (χ3v) is 3.70. The van der Waals surface area contributed by atoms with Crippen molar-refractivity contribution in [3.8, 4) is 0 Å². The number of anilines is 1. The molecule has 122 valence electrons. The number of hydrogen-bond donors (Lipinski definition) is 2. The van der Waals surface area contributed by atoms with Gasteiger partial charge in [0, 0.05) is 12.2 Å². The van der Waals surface area contributed by atoms with E-state index in [1.54, 1.807) is 18.2 Å². The van der Waals surface area contributed by atoms with Gasteiger partial charge in [0.25, 0.3) is 0 Å². The summed E-state index contributed by atoms with van der Waals surface area (Å²) < 4.78 is 13.4. The average Bonchev–Trinajstić information content (AvgIpc) is 2.55. The second kappa shape index (κ2) is 8.32. The van der Waals surface area contributed by atoms with E-state index in [1.807, 2.05) is 12.1 Å². The molecule has 0 heterocycles. The van der Waals surface area contributed by atoms with Gasteiger partial charge in [0.05, 0.1) is 6.54 Å². The number of benzene rings is 2. The van der Waals surface area contributed by atoms with E-state index in [-0.39, 0.29) is 18.3 Å². The molecule has 0 aliphatic rings. The molecule has 0 unspecified atom stereocenters. The summed E-state index contributed by atoms with van der Waals surface area (Å²) in [6, 6.07) is 14.7. The highest BCUT2D eigenvalue weighted by Crippen LogP contribution is 2.16. The molecule has 0 radical (unpaired) electrons. The van der Waals surface area contributed by atoms with Crippen LogP contribution in [0, 0.1) is 5.82 Å². The fraction of sp³-hybridized carbons (Fsp3) is 0.316. The van der Waals surface area contributed by atoms with Crippen LogP contribution in [0.3, 0.4) is 0 Å². The third-order valence-electron chi connectivity index (χ3n) is 3.70. The van der Waals surface area contributed by atoms with Crippen LogP contribution in [-0.2, 0) is 11.2 Å². The Morgan fingerprint density at radius 1 is 1.09 bits per heavy atom. The van der Waals surface area contributed by atoms with Crippen LogP contribution in [-0.4, -0.2) is 19.0 Å². The molecule has 2 aromatic carbocycles. The predicted molar refractivity (Wildman–Crippen MR) is 92.1 cm³/mol. The second-order valence-electron chi connectivity index (χ2n) is 5.82. The molecule has 0 atom stereocenters. The Balaban J connectivity index is 1.72. The van der Waals surface area contributed by atoms with E-state index in [0.29, 0.717) is 24.4 Å². The molecule has 0 aliphatic heterocycles. The predicted octanol–water partition coefficient (Wildman–Crippen LogP) is 3.72. The standard InChI is InChI=1S/C19H23FN2O/c1-14(2)15-7-9-17(10-8-15)22-13-19(23)21-12-11-16-5-3-4-6-18(16)20/h3-10,14,22H,11-13H2,1-2H3,(H,21,23). The highest BCUT2D eigenvalue weighted by atomic mass is 19.1. The number of amides is 1. The quantitative estimate of drug-likeness (QED) is 0.818. The lowest BCUT2D eigenvalue weighted by atomic mass is 10.0. The number of nitrogens with one attached hydrogen (secondary N) is 2. The van der Waals surface area contributed by atoms with E-state index in [9.17, 15) is 9.18 Å². The van der Waals surface area contributed by atoms with Gasteiger partial charge in [-0.1, -0.05) is 44.2 Å². The van der Waals surface area contributed by atoms with Gasteiger partial charge < -0.3 is 10.6 Å². The number of halogens is 1. The van der Waals surface area contributed by atoms with Crippen LogP contribution in [0.2, 0.25) is 0 Å². The maximum atomic E-state index is 13.4. The molecule has 0 fully saturated rings. The monoisotopic (exact) mass is 314 g/mol. The molecule has 0 saturated carbocycles. The first-order chi connectivity index (χ1) is 11.1. The minimum Gasteiger partial charge on any atom is -0.376 e. The minimum absolute atomic E-state index is 0.103. The van der Waals surface area contributed by atoms with Gasteiger partial charge in [-0.05, 0) is 41.7 Å². The molecule has 4 heteroatoms. The first kappa shape index (κ1) is 17.0. The molecule has 0 spiro atoms. The van der Waals surface area contributed by atoms with E-state index in [4.69, 9.17) is 0 Å². The second-order valence-corrected chi connectivity index (χ2v) is 5.82. The van der Waals surface area contributed by atoms with Crippen LogP contribution in [0.4, 0.5) is 10.1 Å². The summed E-state index contributed by atoms with van der Waals surface area (Å²) in [6.45, 7) is 4.92. The Hall–Kier alpha value is -2.36. The van der Waals surface area contributed by atoms with Crippen molar-refractivity contribution in [3.05, 3.63) is 65.5 Å². The SMILES string of the molecule is CC(C)c1ccc(NCC(=O)NCCc2ccccc2F)cc1. The van der Waals surface area contributed by atoms with Crippen molar-refractivity contribution < 1.29 is 9.18 Å². The summed E-state index contributed by atoms with van der Waals surface area (Å²) in [4.78, 5) is 11.8. The van der Waals surface area contributed by atoms with E-state index in [2.05, 4.69) is 36.6 Å². The van der Waals surface area contributed by atoms with Crippen molar-refractivity contribution in [2.75, 3.05) is 18.4 Å². The number of rotatable bonds is 7. The zero-order chi connectivity index (χ0) is 16.7. The third kappa shape index (κ3) is 5.40. The van der Waals surface area contributed by atoms with Crippen molar-refractivity contribution in [1.82, 2.24) is 5.32 Å². The zero-order valence-electron chi connectivity index (χ0n) is 13.6. The van der Waals surface area contributed by atoms with Crippen molar-refractivity contribution in [2.45, 2.75) is 26.2 Å². The summed E-state index contributed by atoms with van der Waals surface area (Å²) >= 11 is 0. The van der Waals surface area contributed by atoms with Crippen LogP contribution in [0.1, 0.15) is 30.9 Å². The maximum Gasteiger partial charge on any atom is 0.239 e. The van der Waals surface area contributed by atoms with Crippen LogP contribution in [0.5, 0.6) is 0 Å². The molecule has 2 N–H and O–H groups in total. The maximum absolute atomic E-state index is 13.4. The van der Waals surface area contributed by atoms with Gasteiger partial charge in [0.2, 0.25) is 5.91 Å². The molecule has 0 bridgehead atoms. The number of carbonyl (C=O) groups is 1. The van der Waals surface area contributed by atoms with Crippen molar-refractivity contribution in [3.63, 3.8) is 0 Å². The molecule has 3 nitrogen and oxygen atoms in total. The Kier molecular flexibility index (Phi) is 6.15. The normalized spacial score (nSPS) is 10.6. The molecule has 1 amide bonds. The van der Waals surface area contributed by atoms with E-state index in [0.717, 1.165) is 5.69 Å². The lowest BCUT2D eigenvalue weighted by molar-refractivity contribution is -0.119. The molecular formula is C19H23FN2O. The molecule has 23 heavy (non-hydrogen) atoms. The van der Waals surface area contributed by atoms with E-state index < -0.39 is 0 Å². The first-order valence-corrected chi connectivity index (χ1v) is 7.90. The molecule has 0 saturated heterocycles. The van der Waals surface area contributed by atoms with Crippen LogP contribution < -0.4 is 10.6 Å². The summed E-state index contributed by atoms with van der Waals surface area (Å²) in [5, 5.41) is 5.87. The van der Waals surface area contributed by atoms with E-state index in [1.165, 1.54) is 11.6 Å². The Bertz CT molecular complexity index is 638. The Labute approximate surface area is 136 Å². The number of carbonyl (C=O) groups excluding carboxylic acids is 1. The topological polar surface area (TPSA) is 41.1 Å². The first-order valence-electron chi connectivity index (χ1n) is 7.90. The zero-order valence-corrected chi connectivity index (χ0v) is 13.6. The van der Waals surface area contributed by atoms with Gasteiger partial charge in [0.1, 0.15) is 5.82 Å². The fourth-order valence-corrected chi connectivity index (χ4v) is 2.27.